The van der Waals surface area contributed by atoms with Gasteiger partial charge in [-0.3, -0.25) is 29.8 Å². The fourth-order valence-corrected chi connectivity index (χ4v) is 5.72. The maximum atomic E-state index is 5.21. The predicted octanol–water partition coefficient (Wildman–Crippen LogP) is 12.8. The number of hydrogen-bond acceptors (Lipinski definition) is 11. The molecule has 338 valence electrons. The first-order valence-corrected chi connectivity index (χ1v) is 23.0. The van der Waals surface area contributed by atoms with E-state index >= 15 is 0 Å². The number of pyridine rings is 3. The molecule has 0 spiro atoms. The summed E-state index contributed by atoms with van der Waals surface area (Å²) in [6.07, 6.45) is 17.9. The minimum atomic E-state index is 0.436. The fraction of sp³-hybridized carbons (Fsp3) is 0.490. The quantitative estimate of drug-likeness (QED) is 0.154. The Balaban J connectivity index is 0.000000362. The van der Waals surface area contributed by atoms with Crippen molar-refractivity contribution in [2.45, 2.75) is 138 Å². The van der Waals surface area contributed by atoms with Crippen molar-refractivity contribution >= 4 is 11.3 Å². The van der Waals surface area contributed by atoms with E-state index in [1.54, 1.807) is 48.5 Å². The average Bonchev–Trinajstić information content (AvgIpc) is 3.86. The lowest BCUT2D eigenvalue weighted by molar-refractivity contribution is 0.0238. The van der Waals surface area contributed by atoms with Crippen LogP contribution in [0.1, 0.15) is 166 Å². The van der Waals surface area contributed by atoms with Crippen molar-refractivity contribution in [2.75, 3.05) is 26.3 Å². The molecule has 7 rings (SSSR count). The van der Waals surface area contributed by atoms with Crippen molar-refractivity contribution in [1.29, 1.82) is 0 Å². The van der Waals surface area contributed by atoms with Crippen LogP contribution in [0.4, 0.5) is 0 Å². The van der Waals surface area contributed by atoms with E-state index in [0.717, 1.165) is 43.5 Å². The molecular formula is C51H77N9OS. The number of ether oxygens (including phenoxy) is 1. The normalized spacial score (nSPS) is 12.0. The molecule has 1 fully saturated rings. The third-order valence-corrected chi connectivity index (χ3v) is 9.70. The molecule has 0 atom stereocenters. The summed E-state index contributed by atoms with van der Waals surface area (Å²) in [7, 11) is 0. The Morgan fingerprint density at radius 1 is 0.452 bits per heavy atom. The monoisotopic (exact) mass is 864 g/mol. The molecule has 7 heterocycles. The molecule has 1 saturated heterocycles. The van der Waals surface area contributed by atoms with E-state index in [0.29, 0.717) is 41.5 Å². The summed E-state index contributed by atoms with van der Waals surface area (Å²) in [5.41, 5.74) is 7.95. The number of aromatic nitrogens is 8. The van der Waals surface area contributed by atoms with Crippen LogP contribution in [0.2, 0.25) is 0 Å². The molecule has 0 saturated carbocycles. The molecule has 1 aliphatic rings. The molecule has 0 aliphatic carbocycles. The van der Waals surface area contributed by atoms with Crippen LogP contribution in [-0.4, -0.2) is 77.1 Å². The Morgan fingerprint density at radius 2 is 1.03 bits per heavy atom. The van der Waals surface area contributed by atoms with Gasteiger partial charge in [0, 0.05) is 98.1 Å². The third-order valence-electron chi connectivity index (χ3n) is 9.10. The highest BCUT2D eigenvalue weighted by atomic mass is 32.1. The van der Waals surface area contributed by atoms with Crippen LogP contribution in [0.15, 0.2) is 121 Å². The van der Waals surface area contributed by atoms with Crippen molar-refractivity contribution < 1.29 is 4.74 Å². The standard InChI is InChI=1S/3C8H11N.2C7H10N2.C7H15NO.C6H9NS/c1-7(2)8-3-5-9-6-4-8;1-7(2)8-4-3-5-9-6-8;1-7(2)8-5-3-4-6-9-8;1-6(2)7-5-8-3-4-9-7;1-6(2)7-8-4-3-5-9-7;1-7(2)8-3-5-9-6-4-8;1-5(2)6-3-8-4-7-6/h3*3-7H,1-2H3;2*3-6H,1-2H3;7H,3-6H2,1-2H3;3-5H,1-2H3. The molecule has 0 aromatic carbocycles. The van der Waals surface area contributed by atoms with E-state index in [1.807, 2.05) is 72.8 Å². The van der Waals surface area contributed by atoms with Crippen LogP contribution in [0.5, 0.6) is 0 Å². The smallest absolute Gasteiger partial charge is 0.130 e. The molecule has 11 heteroatoms. The Morgan fingerprint density at radius 3 is 1.35 bits per heavy atom. The van der Waals surface area contributed by atoms with Crippen molar-refractivity contribution in [2.24, 2.45) is 0 Å². The molecule has 0 bridgehead atoms. The van der Waals surface area contributed by atoms with E-state index in [1.165, 1.54) is 16.8 Å². The number of hydrogen-bond donors (Lipinski definition) is 0. The van der Waals surface area contributed by atoms with Gasteiger partial charge in [0.05, 0.1) is 30.1 Å². The van der Waals surface area contributed by atoms with E-state index in [-0.39, 0.29) is 0 Å². The van der Waals surface area contributed by atoms with E-state index in [2.05, 4.69) is 153 Å². The van der Waals surface area contributed by atoms with Crippen LogP contribution in [0.3, 0.4) is 0 Å². The minimum Gasteiger partial charge on any atom is -0.379 e. The summed E-state index contributed by atoms with van der Waals surface area (Å²) < 4.78 is 5.21. The number of nitrogens with zero attached hydrogens (tertiary/aromatic N) is 9. The van der Waals surface area contributed by atoms with Crippen LogP contribution in [0, 0.1) is 0 Å². The summed E-state index contributed by atoms with van der Waals surface area (Å²) >= 11 is 1.66. The highest BCUT2D eigenvalue weighted by molar-refractivity contribution is 7.07. The van der Waals surface area contributed by atoms with Gasteiger partial charge in [0.15, 0.2) is 0 Å². The van der Waals surface area contributed by atoms with E-state index in [4.69, 9.17) is 4.74 Å². The van der Waals surface area contributed by atoms with Gasteiger partial charge in [0.2, 0.25) is 0 Å². The third kappa shape index (κ3) is 26.5. The summed E-state index contributed by atoms with van der Waals surface area (Å²) in [5.74, 6) is 4.18. The first-order valence-electron chi connectivity index (χ1n) is 22.1. The summed E-state index contributed by atoms with van der Waals surface area (Å²) in [6.45, 7) is 34.1. The maximum absolute atomic E-state index is 5.21. The lowest BCUT2D eigenvalue weighted by atomic mass is 10.1. The van der Waals surface area contributed by atoms with Crippen LogP contribution >= 0.6 is 11.3 Å². The van der Waals surface area contributed by atoms with Crippen molar-refractivity contribution in [1.82, 2.24) is 44.8 Å². The summed E-state index contributed by atoms with van der Waals surface area (Å²) in [6, 6.07) is 16.7. The first kappa shape index (κ1) is 55.2. The Bertz CT molecular complexity index is 1590. The fourth-order valence-electron chi connectivity index (χ4n) is 5.00. The molecule has 62 heavy (non-hydrogen) atoms. The highest BCUT2D eigenvalue weighted by Crippen LogP contribution is 2.13. The molecule has 6 aromatic rings. The highest BCUT2D eigenvalue weighted by Gasteiger charge is 2.12. The largest absolute Gasteiger partial charge is 0.379 e. The van der Waals surface area contributed by atoms with Gasteiger partial charge in [0.1, 0.15) is 5.82 Å². The van der Waals surface area contributed by atoms with Crippen LogP contribution in [-0.2, 0) is 4.74 Å². The summed E-state index contributed by atoms with van der Waals surface area (Å²) in [4.78, 5) is 34.9. The molecule has 0 unspecified atom stereocenters. The second-order valence-electron chi connectivity index (χ2n) is 16.6. The number of morpholine rings is 1. The topological polar surface area (TPSA) is 116 Å². The van der Waals surface area contributed by atoms with E-state index < -0.39 is 0 Å². The van der Waals surface area contributed by atoms with Crippen LogP contribution < -0.4 is 0 Å². The van der Waals surface area contributed by atoms with Crippen molar-refractivity contribution in [3.8, 4) is 0 Å². The van der Waals surface area contributed by atoms with Gasteiger partial charge in [-0.2, -0.15) is 0 Å². The molecule has 0 radical (unpaired) electrons. The number of thiazole rings is 1. The van der Waals surface area contributed by atoms with Gasteiger partial charge in [0.25, 0.3) is 0 Å². The zero-order chi connectivity index (χ0) is 46.1. The first-order chi connectivity index (χ1) is 29.6. The Labute approximate surface area is 379 Å². The lowest BCUT2D eigenvalue weighted by Crippen LogP contribution is -2.40. The van der Waals surface area contributed by atoms with Gasteiger partial charge < -0.3 is 4.74 Å². The van der Waals surface area contributed by atoms with Crippen LogP contribution in [0.25, 0.3) is 0 Å². The van der Waals surface area contributed by atoms with Gasteiger partial charge in [-0.15, -0.1) is 11.3 Å². The van der Waals surface area contributed by atoms with Gasteiger partial charge in [-0.25, -0.2) is 15.0 Å². The van der Waals surface area contributed by atoms with Gasteiger partial charge in [-0.1, -0.05) is 95.2 Å². The Kier molecular flexibility index (Phi) is 30.0. The minimum absolute atomic E-state index is 0.436. The molecule has 6 aromatic heterocycles. The maximum Gasteiger partial charge on any atom is 0.130 e. The molecule has 1 aliphatic heterocycles. The molecule has 0 amide bonds. The van der Waals surface area contributed by atoms with Gasteiger partial charge in [-0.05, 0) is 91.0 Å². The Hall–Kier alpha value is -4.84. The zero-order valence-corrected chi connectivity index (χ0v) is 41.1. The predicted molar refractivity (Wildman–Crippen MR) is 261 cm³/mol. The average molecular weight is 864 g/mol. The lowest BCUT2D eigenvalue weighted by Gasteiger charge is -2.29. The molecular weight excluding hydrogens is 787 g/mol. The SMILES string of the molecule is CC(C)N1CCOCC1.CC(C)c1ccccn1.CC(C)c1cccnc1.CC(C)c1ccncc1.CC(C)c1cnccn1.CC(C)c1cscn1.CC(C)c1ncccn1. The van der Waals surface area contributed by atoms with Crippen molar-refractivity contribution in [3.63, 3.8) is 0 Å². The molecule has 10 nitrogen and oxygen atoms in total. The summed E-state index contributed by atoms with van der Waals surface area (Å²) in [5, 5.41) is 2.09. The number of rotatable bonds is 7. The second-order valence-corrected chi connectivity index (χ2v) is 17.4. The van der Waals surface area contributed by atoms with E-state index in [9.17, 15) is 0 Å². The van der Waals surface area contributed by atoms with Gasteiger partial charge >= 0.3 is 0 Å². The zero-order valence-electron chi connectivity index (χ0n) is 40.3. The van der Waals surface area contributed by atoms with Crippen molar-refractivity contribution in [3.05, 3.63) is 155 Å². The second kappa shape index (κ2) is 33.7. The molecule has 0 N–H and O–H groups in total.